The Bertz CT molecular complexity index is 316. The van der Waals surface area contributed by atoms with E-state index < -0.39 is 0 Å². The summed E-state index contributed by atoms with van der Waals surface area (Å²) in [5.41, 5.74) is 9.45. The monoisotopic (exact) mass is 178 g/mol. The second-order valence-corrected chi connectivity index (χ2v) is 3.61. The molecule has 0 radical (unpaired) electrons. The van der Waals surface area contributed by atoms with Crippen LogP contribution in [0, 0.1) is 27.7 Å². The summed E-state index contributed by atoms with van der Waals surface area (Å²) in [6.07, 6.45) is 0. The second kappa shape index (κ2) is 3.90. The summed E-state index contributed by atoms with van der Waals surface area (Å²) in [6, 6.07) is 2.21. The smallest absolute Gasteiger partial charge is 0.0351 e. The third-order valence-electron chi connectivity index (χ3n) is 2.88. The molecule has 0 aromatic heterocycles. The van der Waals surface area contributed by atoms with Crippen molar-refractivity contribution in [3.63, 3.8) is 0 Å². The maximum Gasteiger partial charge on any atom is 0.0351 e. The number of nitrogens with one attached hydrogen (secondary N) is 1. The minimum absolute atomic E-state index is 0.744. The minimum atomic E-state index is 0.744. The van der Waals surface area contributed by atoms with Crippen molar-refractivity contribution in [2.45, 2.75) is 34.2 Å². The Morgan fingerprint density at radius 1 is 1.08 bits per heavy atom. The normalized spacial score (nSPS) is 10.5. The summed E-state index contributed by atoms with van der Waals surface area (Å²) in [7, 11) is 0. The highest BCUT2D eigenvalue weighted by atomic mass is 15.2. The molecule has 0 atom stereocenters. The molecular formula is C11H18N2. The van der Waals surface area contributed by atoms with Crippen LogP contribution in [0.5, 0.6) is 0 Å². The molecule has 0 saturated carbocycles. The lowest BCUT2D eigenvalue weighted by Gasteiger charge is -2.13. The van der Waals surface area contributed by atoms with Gasteiger partial charge in [-0.15, -0.1) is 0 Å². The van der Waals surface area contributed by atoms with E-state index in [0.717, 1.165) is 6.54 Å². The number of rotatable bonds is 2. The lowest BCUT2D eigenvalue weighted by atomic mass is 9.95. The van der Waals surface area contributed by atoms with Crippen LogP contribution in [0.25, 0.3) is 0 Å². The first-order valence-electron chi connectivity index (χ1n) is 4.57. The molecule has 1 rings (SSSR count). The van der Waals surface area contributed by atoms with Crippen LogP contribution in [0.2, 0.25) is 0 Å². The molecule has 1 aromatic carbocycles. The molecule has 3 N–H and O–H groups in total. The van der Waals surface area contributed by atoms with Crippen LogP contribution < -0.4 is 11.3 Å². The summed E-state index contributed by atoms with van der Waals surface area (Å²) >= 11 is 0. The predicted molar refractivity (Wildman–Crippen MR) is 56.4 cm³/mol. The van der Waals surface area contributed by atoms with E-state index >= 15 is 0 Å². The average Bonchev–Trinajstić information content (AvgIpc) is 2.11. The molecule has 0 aliphatic carbocycles. The Kier molecular flexibility index (Phi) is 3.07. The fourth-order valence-electron chi connectivity index (χ4n) is 1.59. The molecule has 0 unspecified atom stereocenters. The summed E-state index contributed by atoms with van der Waals surface area (Å²) in [5.74, 6) is 5.32. The van der Waals surface area contributed by atoms with Crippen molar-refractivity contribution < 1.29 is 0 Å². The molecule has 0 saturated heterocycles. The van der Waals surface area contributed by atoms with E-state index in [0.29, 0.717) is 0 Å². The maximum absolute atomic E-state index is 5.32. The molecule has 0 amide bonds. The fourth-order valence-corrected chi connectivity index (χ4v) is 1.59. The quantitative estimate of drug-likeness (QED) is 0.536. The summed E-state index contributed by atoms with van der Waals surface area (Å²) in [5, 5.41) is 0. The van der Waals surface area contributed by atoms with E-state index in [9.17, 15) is 0 Å². The highest BCUT2D eigenvalue weighted by Gasteiger charge is 2.05. The molecule has 2 heteroatoms. The van der Waals surface area contributed by atoms with Crippen molar-refractivity contribution >= 4 is 0 Å². The summed E-state index contributed by atoms with van der Waals surface area (Å²) in [6.45, 7) is 9.36. The van der Waals surface area contributed by atoms with E-state index in [-0.39, 0.29) is 0 Å². The first kappa shape index (κ1) is 10.2. The van der Waals surface area contributed by atoms with Gasteiger partial charge in [0.15, 0.2) is 0 Å². The van der Waals surface area contributed by atoms with Crippen LogP contribution in [-0.4, -0.2) is 0 Å². The lowest BCUT2D eigenvalue weighted by molar-refractivity contribution is 0.735. The number of nitrogens with two attached hydrogens (primary N) is 1. The van der Waals surface area contributed by atoms with Gasteiger partial charge in [0, 0.05) is 6.54 Å². The SMILES string of the molecule is Cc1cc(CNN)c(C)c(C)c1C. The molecular weight excluding hydrogens is 160 g/mol. The number of benzene rings is 1. The zero-order chi connectivity index (χ0) is 10.0. The van der Waals surface area contributed by atoms with Gasteiger partial charge in [-0.25, -0.2) is 0 Å². The van der Waals surface area contributed by atoms with Gasteiger partial charge >= 0.3 is 0 Å². The average molecular weight is 178 g/mol. The third kappa shape index (κ3) is 1.90. The Hall–Kier alpha value is -0.860. The van der Waals surface area contributed by atoms with Crippen molar-refractivity contribution in [3.8, 4) is 0 Å². The van der Waals surface area contributed by atoms with Gasteiger partial charge in [0.25, 0.3) is 0 Å². The number of hydrazine groups is 1. The van der Waals surface area contributed by atoms with Crippen LogP contribution in [0.1, 0.15) is 27.8 Å². The van der Waals surface area contributed by atoms with Crippen molar-refractivity contribution in [1.82, 2.24) is 5.43 Å². The van der Waals surface area contributed by atoms with Crippen LogP contribution in [-0.2, 0) is 6.54 Å². The fraction of sp³-hybridized carbons (Fsp3) is 0.455. The molecule has 0 spiro atoms. The number of hydrogen-bond donors (Lipinski definition) is 2. The Balaban J connectivity index is 3.24. The van der Waals surface area contributed by atoms with Gasteiger partial charge in [-0.3, -0.25) is 11.3 Å². The molecule has 0 fully saturated rings. The highest BCUT2D eigenvalue weighted by molar-refractivity contribution is 5.43. The molecule has 0 aliphatic heterocycles. The van der Waals surface area contributed by atoms with E-state index in [1.807, 2.05) is 0 Å². The van der Waals surface area contributed by atoms with E-state index in [2.05, 4.69) is 39.2 Å². The van der Waals surface area contributed by atoms with E-state index in [1.54, 1.807) is 0 Å². The van der Waals surface area contributed by atoms with E-state index in [4.69, 9.17) is 5.84 Å². The van der Waals surface area contributed by atoms with Crippen molar-refractivity contribution in [3.05, 3.63) is 33.9 Å². The van der Waals surface area contributed by atoms with Gasteiger partial charge in [0.05, 0.1) is 0 Å². The molecule has 1 aromatic rings. The summed E-state index contributed by atoms with van der Waals surface area (Å²) in [4.78, 5) is 0. The Morgan fingerprint density at radius 3 is 2.23 bits per heavy atom. The largest absolute Gasteiger partial charge is 0.271 e. The Labute approximate surface area is 80.1 Å². The van der Waals surface area contributed by atoms with Crippen LogP contribution in [0.15, 0.2) is 6.07 Å². The van der Waals surface area contributed by atoms with Crippen molar-refractivity contribution in [2.24, 2.45) is 5.84 Å². The van der Waals surface area contributed by atoms with Gasteiger partial charge in [-0.1, -0.05) is 6.07 Å². The zero-order valence-electron chi connectivity index (χ0n) is 8.86. The first-order valence-corrected chi connectivity index (χ1v) is 4.57. The molecule has 2 nitrogen and oxygen atoms in total. The van der Waals surface area contributed by atoms with Gasteiger partial charge < -0.3 is 0 Å². The molecule has 13 heavy (non-hydrogen) atoms. The molecule has 72 valence electrons. The van der Waals surface area contributed by atoms with Gasteiger partial charge in [0.2, 0.25) is 0 Å². The minimum Gasteiger partial charge on any atom is -0.271 e. The third-order valence-corrected chi connectivity index (χ3v) is 2.88. The Morgan fingerprint density at radius 2 is 1.69 bits per heavy atom. The lowest BCUT2D eigenvalue weighted by Crippen LogP contribution is -2.21. The van der Waals surface area contributed by atoms with Gasteiger partial charge in [0.1, 0.15) is 0 Å². The van der Waals surface area contributed by atoms with Crippen molar-refractivity contribution in [1.29, 1.82) is 0 Å². The molecule has 0 heterocycles. The maximum atomic E-state index is 5.32. The highest BCUT2D eigenvalue weighted by Crippen LogP contribution is 2.20. The van der Waals surface area contributed by atoms with Gasteiger partial charge in [-0.2, -0.15) is 0 Å². The molecule has 0 bridgehead atoms. The number of hydrogen-bond acceptors (Lipinski definition) is 2. The second-order valence-electron chi connectivity index (χ2n) is 3.61. The number of aryl methyl sites for hydroxylation is 1. The van der Waals surface area contributed by atoms with Crippen molar-refractivity contribution in [2.75, 3.05) is 0 Å². The predicted octanol–water partition coefficient (Wildman–Crippen LogP) is 1.88. The summed E-state index contributed by atoms with van der Waals surface area (Å²) < 4.78 is 0. The topological polar surface area (TPSA) is 38.0 Å². The zero-order valence-corrected chi connectivity index (χ0v) is 8.86. The standard InChI is InChI=1S/C11H18N2/c1-7-5-11(6-13-12)10(4)9(3)8(7)2/h5,13H,6,12H2,1-4H3. The van der Waals surface area contributed by atoms with E-state index in [1.165, 1.54) is 27.8 Å². The first-order chi connectivity index (χ1) is 6.07. The molecule has 0 aliphatic rings. The van der Waals surface area contributed by atoms with Crippen LogP contribution in [0.3, 0.4) is 0 Å². The van der Waals surface area contributed by atoms with Crippen LogP contribution >= 0.6 is 0 Å². The van der Waals surface area contributed by atoms with Gasteiger partial charge in [-0.05, 0) is 55.5 Å². The van der Waals surface area contributed by atoms with Crippen LogP contribution in [0.4, 0.5) is 0 Å².